The van der Waals surface area contributed by atoms with E-state index in [-0.39, 0.29) is 16.9 Å². The Bertz CT molecular complexity index is 214. The van der Waals surface area contributed by atoms with E-state index in [1.807, 2.05) is 0 Å². The molecule has 0 heterocycles. The number of rotatable bonds is 0. The monoisotopic (exact) mass is 168 g/mol. The molecule has 1 atom stereocenters. The molecule has 1 unspecified atom stereocenters. The molecular formula is C10H20N2. The first-order valence-electron chi connectivity index (χ1n) is 4.48. The van der Waals surface area contributed by atoms with Crippen LogP contribution in [-0.2, 0) is 0 Å². The highest BCUT2D eigenvalue weighted by Crippen LogP contribution is 2.41. The Balaban J connectivity index is 3.02. The minimum atomic E-state index is 0.0336. The predicted octanol–water partition coefficient (Wildman–Crippen LogP) is 1.61. The molecule has 2 heteroatoms. The summed E-state index contributed by atoms with van der Waals surface area (Å²) < 4.78 is 0. The summed E-state index contributed by atoms with van der Waals surface area (Å²) in [6, 6.07) is 0.192. The zero-order valence-corrected chi connectivity index (χ0v) is 8.52. The van der Waals surface area contributed by atoms with E-state index in [1.165, 1.54) is 0 Å². The highest BCUT2D eigenvalue weighted by molar-refractivity contribution is 5.17. The molecule has 70 valence electrons. The molecule has 0 amide bonds. The van der Waals surface area contributed by atoms with Crippen LogP contribution in [0.2, 0.25) is 0 Å². The molecule has 0 aromatic carbocycles. The van der Waals surface area contributed by atoms with Crippen molar-refractivity contribution >= 4 is 0 Å². The van der Waals surface area contributed by atoms with Gasteiger partial charge < -0.3 is 11.5 Å². The number of hydrogen-bond acceptors (Lipinski definition) is 2. The summed E-state index contributed by atoms with van der Waals surface area (Å²) >= 11 is 0. The normalized spacial score (nSPS) is 32.8. The van der Waals surface area contributed by atoms with Crippen LogP contribution in [0.4, 0.5) is 0 Å². The average molecular weight is 168 g/mol. The Labute approximate surface area is 75.0 Å². The molecule has 0 radical (unpaired) electrons. The highest BCUT2D eigenvalue weighted by atomic mass is 14.8. The van der Waals surface area contributed by atoms with Gasteiger partial charge in [0.25, 0.3) is 0 Å². The zero-order valence-electron chi connectivity index (χ0n) is 8.52. The van der Waals surface area contributed by atoms with Crippen LogP contribution in [0.15, 0.2) is 11.8 Å². The van der Waals surface area contributed by atoms with Crippen molar-refractivity contribution in [3.8, 4) is 0 Å². The van der Waals surface area contributed by atoms with Gasteiger partial charge in [0.05, 0.1) is 0 Å². The van der Waals surface area contributed by atoms with Gasteiger partial charge in [0.2, 0.25) is 0 Å². The summed E-state index contributed by atoms with van der Waals surface area (Å²) in [6.07, 6.45) is 3.01. The molecule has 1 aliphatic carbocycles. The maximum absolute atomic E-state index is 6.15. The lowest BCUT2D eigenvalue weighted by atomic mass is 9.64. The van der Waals surface area contributed by atoms with Gasteiger partial charge in [-0.2, -0.15) is 0 Å². The van der Waals surface area contributed by atoms with Gasteiger partial charge in [-0.15, -0.1) is 0 Å². The lowest BCUT2D eigenvalue weighted by Crippen LogP contribution is -2.50. The third-order valence-electron chi connectivity index (χ3n) is 2.86. The van der Waals surface area contributed by atoms with Crippen molar-refractivity contribution in [2.75, 3.05) is 0 Å². The molecule has 0 aromatic rings. The van der Waals surface area contributed by atoms with Gasteiger partial charge in [-0.25, -0.2) is 0 Å². The predicted molar refractivity (Wildman–Crippen MR) is 52.4 cm³/mol. The third kappa shape index (κ3) is 1.48. The second-order valence-corrected chi connectivity index (χ2v) is 5.18. The van der Waals surface area contributed by atoms with Gasteiger partial charge in [-0.3, -0.25) is 0 Å². The molecule has 12 heavy (non-hydrogen) atoms. The SMILES string of the molecule is CC1(C)C=C(N)CC(C)(C)C1N. The Kier molecular flexibility index (Phi) is 1.99. The fourth-order valence-electron chi connectivity index (χ4n) is 2.26. The van der Waals surface area contributed by atoms with E-state index in [9.17, 15) is 0 Å². The van der Waals surface area contributed by atoms with E-state index in [0.29, 0.717) is 0 Å². The molecule has 0 aliphatic heterocycles. The van der Waals surface area contributed by atoms with Gasteiger partial charge >= 0.3 is 0 Å². The first kappa shape index (κ1) is 9.59. The third-order valence-corrected chi connectivity index (χ3v) is 2.86. The summed E-state index contributed by atoms with van der Waals surface area (Å²) in [5, 5.41) is 0. The fraction of sp³-hybridized carbons (Fsp3) is 0.800. The minimum Gasteiger partial charge on any atom is -0.402 e. The number of nitrogens with two attached hydrogens (primary N) is 2. The zero-order chi connectivity index (χ0) is 9.57. The Hall–Kier alpha value is -0.500. The maximum Gasteiger partial charge on any atom is 0.0181 e. The van der Waals surface area contributed by atoms with Crippen molar-refractivity contribution in [1.29, 1.82) is 0 Å². The fourth-order valence-corrected chi connectivity index (χ4v) is 2.26. The Morgan fingerprint density at radius 3 is 2.25 bits per heavy atom. The number of allylic oxidation sites excluding steroid dienone is 1. The van der Waals surface area contributed by atoms with Crippen LogP contribution in [0, 0.1) is 10.8 Å². The first-order chi connectivity index (χ1) is 5.26. The van der Waals surface area contributed by atoms with E-state index in [2.05, 4.69) is 33.8 Å². The van der Waals surface area contributed by atoms with Crippen LogP contribution in [0.25, 0.3) is 0 Å². The van der Waals surface area contributed by atoms with Crippen LogP contribution >= 0.6 is 0 Å². The standard InChI is InChI=1S/C10H20N2/c1-9(2)5-7(11)6-10(3,4)8(9)12/h5,8H,6,11-12H2,1-4H3. The van der Waals surface area contributed by atoms with Gasteiger partial charge in [0.1, 0.15) is 0 Å². The molecule has 0 aromatic heterocycles. The van der Waals surface area contributed by atoms with Crippen molar-refractivity contribution in [3.05, 3.63) is 11.8 Å². The summed E-state index contributed by atoms with van der Waals surface area (Å²) in [6.45, 7) is 8.65. The largest absolute Gasteiger partial charge is 0.402 e. The summed E-state index contributed by atoms with van der Waals surface area (Å²) in [4.78, 5) is 0. The van der Waals surface area contributed by atoms with E-state index < -0.39 is 0 Å². The average Bonchev–Trinajstić information content (AvgIpc) is 1.80. The topological polar surface area (TPSA) is 52.0 Å². The summed E-state index contributed by atoms with van der Waals surface area (Å²) in [5.41, 5.74) is 13.1. The highest BCUT2D eigenvalue weighted by Gasteiger charge is 2.40. The molecule has 0 fully saturated rings. The second-order valence-electron chi connectivity index (χ2n) is 5.18. The lowest BCUT2D eigenvalue weighted by molar-refractivity contribution is 0.164. The summed E-state index contributed by atoms with van der Waals surface area (Å²) in [7, 11) is 0. The summed E-state index contributed by atoms with van der Waals surface area (Å²) in [5.74, 6) is 0. The molecule has 0 bridgehead atoms. The number of hydrogen-bond donors (Lipinski definition) is 2. The molecule has 2 nitrogen and oxygen atoms in total. The van der Waals surface area contributed by atoms with Gasteiger partial charge in [-0.1, -0.05) is 33.8 Å². The molecule has 0 saturated heterocycles. The van der Waals surface area contributed by atoms with Crippen LogP contribution in [0.1, 0.15) is 34.1 Å². The van der Waals surface area contributed by atoms with Gasteiger partial charge in [0, 0.05) is 17.2 Å². The van der Waals surface area contributed by atoms with Crippen LogP contribution in [-0.4, -0.2) is 6.04 Å². The smallest absolute Gasteiger partial charge is 0.0181 e. The molecule has 0 saturated carbocycles. The second kappa shape index (κ2) is 2.49. The van der Waals surface area contributed by atoms with Crippen molar-refractivity contribution in [1.82, 2.24) is 0 Å². The molecule has 4 N–H and O–H groups in total. The Morgan fingerprint density at radius 1 is 1.33 bits per heavy atom. The van der Waals surface area contributed by atoms with Crippen molar-refractivity contribution in [2.45, 2.75) is 40.2 Å². The van der Waals surface area contributed by atoms with E-state index >= 15 is 0 Å². The van der Waals surface area contributed by atoms with Crippen LogP contribution in [0.5, 0.6) is 0 Å². The molecule has 1 aliphatic rings. The first-order valence-corrected chi connectivity index (χ1v) is 4.48. The van der Waals surface area contributed by atoms with E-state index in [1.54, 1.807) is 0 Å². The molecule has 0 spiro atoms. The van der Waals surface area contributed by atoms with Crippen molar-refractivity contribution < 1.29 is 0 Å². The molecule has 1 rings (SSSR count). The maximum atomic E-state index is 6.15. The van der Waals surface area contributed by atoms with E-state index in [4.69, 9.17) is 11.5 Å². The van der Waals surface area contributed by atoms with Crippen molar-refractivity contribution in [3.63, 3.8) is 0 Å². The lowest BCUT2D eigenvalue weighted by Gasteiger charge is -2.45. The van der Waals surface area contributed by atoms with Gasteiger partial charge in [-0.05, 0) is 11.8 Å². The Morgan fingerprint density at radius 2 is 1.83 bits per heavy atom. The van der Waals surface area contributed by atoms with E-state index in [0.717, 1.165) is 12.1 Å². The minimum absolute atomic E-state index is 0.0336. The van der Waals surface area contributed by atoms with Gasteiger partial charge in [0.15, 0.2) is 0 Å². The molecular weight excluding hydrogens is 148 g/mol. The van der Waals surface area contributed by atoms with Crippen molar-refractivity contribution in [2.24, 2.45) is 22.3 Å². The van der Waals surface area contributed by atoms with Crippen LogP contribution < -0.4 is 11.5 Å². The quantitative estimate of drug-likeness (QED) is 0.577. The van der Waals surface area contributed by atoms with Crippen LogP contribution in [0.3, 0.4) is 0 Å².